The fourth-order valence-corrected chi connectivity index (χ4v) is 2.47. The van der Waals surface area contributed by atoms with Gasteiger partial charge < -0.3 is 4.90 Å². The number of rotatable bonds is 5. The van der Waals surface area contributed by atoms with Gasteiger partial charge in [-0.25, -0.2) is 9.97 Å². The molecule has 0 unspecified atom stereocenters. The number of pyridine rings is 1. The fourth-order valence-electron chi connectivity index (χ4n) is 2.47. The van der Waals surface area contributed by atoms with E-state index in [-0.39, 0.29) is 0 Å². The standard InChI is InChI=1S/C17H20N6/c1-4-23(12-14-9-19-22(3)11-14)16-8-13(2)20-17(21-16)15-6-5-7-18-10-15/h5-11H,4,12H2,1-3H3. The van der Waals surface area contributed by atoms with Crippen molar-refractivity contribution in [3.05, 3.63) is 54.2 Å². The van der Waals surface area contributed by atoms with Crippen LogP contribution in [0.5, 0.6) is 0 Å². The van der Waals surface area contributed by atoms with Crippen LogP contribution in [0.15, 0.2) is 43.0 Å². The van der Waals surface area contributed by atoms with E-state index in [1.807, 2.05) is 49.2 Å². The molecular formula is C17H20N6. The van der Waals surface area contributed by atoms with Gasteiger partial charge in [0, 0.05) is 61.6 Å². The molecule has 0 saturated carbocycles. The van der Waals surface area contributed by atoms with Gasteiger partial charge in [0.2, 0.25) is 0 Å². The smallest absolute Gasteiger partial charge is 0.163 e. The van der Waals surface area contributed by atoms with Crippen LogP contribution >= 0.6 is 0 Å². The predicted octanol–water partition coefficient (Wildman–Crippen LogP) is 2.61. The molecular weight excluding hydrogens is 288 g/mol. The maximum Gasteiger partial charge on any atom is 0.163 e. The molecule has 3 aromatic rings. The third-order valence-corrected chi connectivity index (χ3v) is 3.60. The Bertz CT molecular complexity index is 781. The molecule has 0 N–H and O–H groups in total. The van der Waals surface area contributed by atoms with Gasteiger partial charge in [0.15, 0.2) is 5.82 Å². The molecule has 3 rings (SSSR count). The summed E-state index contributed by atoms with van der Waals surface area (Å²) in [4.78, 5) is 15.6. The maximum atomic E-state index is 4.73. The highest BCUT2D eigenvalue weighted by Gasteiger charge is 2.12. The molecule has 0 fully saturated rings. The summed E-state index contributed by atoms with van der Waals surface area (Å²) in [5, 5.41) is 4.23. The molecule has 0 bridgehead atoms. The number of anilines is 1. The van der Waals surface area contributed by atoms with E-state index in [2.05, 4.69) is 26.9 Å². The highest BCUT2D eigenvalue weighted by molar-refractivity contribution is 5.56. The molecule has 0 aliphatic carbocycles. The molecule has 118 valence electrons. The van der Waals surface area contributed by atoms with E-state index >= 15 is 0 Å². The van der Waals surface area contributed by atoms with Crippen LogP contribution in [0.4, 0.5) is 5.82 Å². The van der Waals surface area contributed by atoms with Gasteiger partial charge in [-0.2, -0.15) is 5.10 Å². The zero-order valence-electron chi connectivity index (χ0n) is 13.6. The molecule has 3 heterocycles. The fraction of sp³-hybridized carbons (Fsp3) is 0.294. The molecule has 6 nitrogen and oxygen atoms in total. The van der Waals surface area contributed by atoms with E-state index in [4.69, 9.17) is 4.98 Å². The molecule has 0 aliphatic rings. The largest absolute Gasteiger partial charge is 0.352 e. The second-order valence-electron chi connectivity index (χ2n) is 5.47. The number of hydrogen-bond acceptors (Lipinski definition) is 5. The Labute approximate surface area is 135 Å². The van der Waals surface area contributed by atoms with Crippen molar-refractivity contribution >= 4 is 5.82 Å². The van der Waals surface area contributed by atoms with Gasteiger partial charge in [-0.05, 0) is 26.0 Å². The lowest BCUT2D eigenvalue weighted by atomic mass is 10.2. The monoisotopic (exact) mass is 308 g/mol. The number of nitrogens with zero attached hydrogens (tertiary/aromatic N) is 6. The van der Waals surface area contributed by atoms with Crippen molar-refractivity contribution in [2.45, 2.75) is 20.4 Å². The van der Waals surface area contributed by atoms with Crippen LogP contribution in [-0.2, 0) is 13.6 Å². The van der Waals surface area contributed by atoms with Crippen LogP contribution < -0.4 is 4.90 Å². The van der Waals surface area contributed by atoms with Crippen LogP contribution in [0.3, 0.4) is 0 Å². The molecule has 0 amide bonds. The lowest BCUT2D eigenvalue weighted by Crippen LogP contribution is -2.23. The van der Waals surface area contributed by atoms with E-state index < -0.39 is 0 Å². The number of aromatic nitrogens is 5. The molecule has 3 aromatic heterocycles. The first kappa shape index (κ1) is 15.1. The van der Waals surface area contributed by atoms with E-state index in [0.717, 1.165) is 35.7 Å². The Morgan fingerprint density at radius 2 is 2.09 bits per heavy atom. The maximum absolute atomic E-state index is 4.73. The van der Waals surface area contributed by atoms with Crippen molar-refractivity contribution in [2.75, 3.05) is 11.4 Å². The topological polar surface area (TPSA) is 59.7 Å². The quantitative estimate of drug-likeness (QED) is 0.725. The average molecular weight is 308 g/mol. The van der Waals surface area contributed by atoms with Crippen molar-refractivity contribution in [1.29, 1.82) is 0 Å². The summed E-state index contributed by atoms with van der Waals surface area (Å²) in [6.45, 7) is 5.74. The highest BCUT2D eigenvalue weighted by atomic mass is 15.3. The van der Waals surface area contributed by atoms with Crippen molar-refractivity contribution in [1.82, 2.24) is 24.7 Å². The Morgan fingerprint density at radius 3 is 2.74 bits per heavy atom. The average Bonchev–Trinajstić information content (AvgIpc) is 2.98. The molecule has 0 saturated heterocycles. The second kappa shape index (κ2) is 6.56. The zero-order chi connectivity index (χ0) is 16.2. The van der Waals surface area contributed by atoms with Crippen LogP contribution in [0, 0.1) is 6.92 Å². The summed E-state index contributed by atoms with van der Waals surface area (Å²) in [5.41, 5.74) is 3.03. The SMILES string of the molecule is CCN(Cc1cnn(C)c1)c1cc(C)nc(-c2cccnc2)n1. The summed E-state index contributed by atoms with van der Waals surface area (Å²) in [6.07, 6.45) is 7.45. The van der Waals surface area contributed by atoms with Gasteiger partial charge in [0.25, 0.3) is 0 Å². The first-order chi connectivity index (χ1) is 11.2. The minimum Gasteiger partial charge on any atom is -0.352 e. The highest BCUT2D eigenvalue weighted by Crippen LogP contribution is 2.20. The summed E-state index contributed by atoms with van der Waals surface area (Å²) in [6, 6.07) is 5.89. The molecule has 0 atom stereocenters. The molecule has 0 aliphatic heterocycles. The summed E-state index contributed by atoms with van der Waals surface area (Å²) in [7, 11) is 1.93. The summed E-state index contributed by atoms with van der Waals surface area (Å²) < 4.78 is 1.81. The first-order valence-electron chi connectivity index (χ1n) is 7.64. The first-order valence-corrected chi connectivity index (χ1v) is 7.64. The van der Waals surface area contributed by atoms with Crippen molar-refractivity contribution in [3.63, 3.8) is 0 Å². The zero-order valence-corrected chi connectivity index (χ0v) is 13.6. The Morgan fingerprint density at radius 1 is 1.22 bits per heavy atom. The second-order valence-corrected chi connectivity index (χ2v) is 5.47. The van der Waals surface area contributed by atoms with Crippen LogP contribution in [0.25, 0.3) is 11.4 Å². The third-order valence-electron chi connectivity index (χ3n) is 3.60. The Balaban J connectivity index is 1.92. The van der Waals surface area contributed by atoms with Gasteiger partial charge in [-0.15, -0.1) is 0 Å². The minimum absolute atomic E-state index is 0.706. The molecule has 0 radical (unpaired) electrons. The summed E-state index contributed by atoms with van der Waals surface area (Å²) >= 11 is 0. The van der Waals surface area contributed by atoms with Gasteiger partial charge in [0.05, 0.1) is 6.20 Å². The van der Waals surface area contributed by atoms with Gasteiger partial charge in [0.1, 0.15) is 5.82 Å². The molecule has 6 heteroatoms. The van der Waals surface area contributed by atoms with Crippen molar-refractivity contribution in [3.8, 4) is 11.4 Å². The lowest BCUT2D eigenvalue weighted by molar-refractivity contribution is 0.764. The van der Waals surface area contributed by atoms with E-state index in [1.54, 1.807) is 12.4 Å². The number of aryl methyl sites for hydroxylation is 2. The van der Waals surface area contributed by atoms with Gasteiger partial charge in [-0.3, -0.25) is 9.67 Å². The van der Waals surface area contributed by atoms with E-state index in [9.17, 15) is 0 Å². The number of hydrogen-bond donors (Lipinski definition) is 0. The van der Waals surface area contributed by atoms with Gasteiger partial charge in [-0.1, -0.05) is 0 Å². The van der Waals surface area contributed by atoms with Crippen molar-refractivity contribution in [2.24, 2.45) is 7.05 Å². The Kier molecular flexibility index (Phi) is 4.32. The minimum atomic E-state index is 0.706. The Hall–Kier alpha value is -2.76. The lowest BCUT2D eigenvalue weighted by Gasteiger charge is -2.22. The van der Waals surface area contributed by atoms with E-state index in [1.165, 1.54) is 0 Å². The third kappa shape index (κ3) is 3.53. The van der Waals surface area contributed by atoms with Crippen LogP contribution in [-0.4, -0.2) is 31.3 Å². The molecule has 0 aromatic carbocycles. The summed E-state index contributed by atoms with van der Waals surface area (Å²) in [5.74, 6) is 1.63. The van der Waals surface area contributed by atoms with Gasteiger partial charge >= 0.3 is 0 Å². The normalized spacial score (nSPS) is 10.7. The van der Waals surface area contributed by atoms with Crippen LogP contribution in [0.2, 0.25) is 0 Å². The van der Waals surface area contributed by atoms with Crippen LogP contribution in [0.1, 0.15) is 18.2 Å². The molecule has 23 heavy (non-hydrogen) atoms. The molecule has 0 spiro atoms. The predicted molar refractivity (Wildman–Crippen MR) is 89.9 cm³/mol. The van der Waals surface area contributed by atoms with Crippen molar-refractivity contribution < 1.29 is 0 Å². The van der Waals surface area contributed by atoms with E-state index in [0.29, 0.717) is 5.82 Å².